The van der Waals surface area contributed by atoms with Crippen molar-refractivity contribution in [3.05, 3.63) is 122 Å². The number of carbonyl (C=O) groups is 6. The maximum absolute atomic E-state index is 12.7. The molecule has 0 saturated carbocycles. The van der Waals surface area contributed by atoms with E-state index in [1.165, 1.54) is 34.0 Å². The van der Waals surface area contributed by atoms with Crippen molar-refractivity contribution >= 4 is 100 Å². The van der Waals surface area contributed by atoms with E-state index >= 15 is 0 Å². The van der Waals surface area contributed by atoms with Gasteiger partial charge in [0.15, 0.2) is 0 Å². The van der Waals surface area contributed by atoms with Crippen LogP contribution in [0.5, 0.6) is 0 Å². The van der Waals surface area contributed by atoms with Gasteiger partial charge in [0.2, 0.25) is 0 Å². The monoisotopic (exact) mass is 997 g/mol. The third-order valence-corrected chi connectivity index (χ3v) is 13.4. The highest BCUT2D eigenvalue weighted by Crippen LogP contribution is 2.28. The van der Waals surface area contributed by atoms with Crippen LogP contribution < -0.4 is 21.7 Å². The molecule has 2 atom stereocenters. The van der Waals surface area contributed by atoms with Gasteiger partial charge in [-0.05, 0) is 91.3 Å². The molecule has 364 valence electrons. The fraction of sp³-hybridized carbons (Fsp3) is 0.327. The second-order valence-electron chi connectivity index (χ2n) is 16.5. The first-order chi connectivity index (χ1) is 32.9. The van der Waals surface area contributed by atoms with E-state index in [1.807, 2.05) is 97.0 Å². The van der Waals surface area contributed by atoms with Crippen LogP contribution in [-0.2, 0) is 30.4 Å². The predicted molar refractivity (Wildman–Crippen MR) is 268 cm³/mol. The van der Waals surface area contributed by atoms with Crippen LogP contribution in [0, 0.1) is 32.6 Å². The van der Waals surface area contributed by atoms with Crippen molar-refractivity contribution in [3.63, 3.8) is 0 Å². The van der Waals surface area contributed by atoms with Crippen molar-refractivity contribution in [2.24, 2.45) is 17.6 Å². The van der Waals surface area contributed by atoms with Gasteiger partial charge in [0, 0.05) is 31.7 Å². The number of fused-ring (bicyclic) bond motifs is 3. The van der Waals surface area contributed by atoms with Crippen LogP contribution in [0.4, 0.5) is 4.79 Å². The Hall–Kier alpha value is -6.87. The maximum Gasteiger partial charge on any atom is 0.408 e. The number of carbonyl (C=O) groups excluding carboxylic acids is 5. The predicted octanol–water partition coefficient (Wildman–Crippen LogP) is 7.99. The SMILES string of the molecule is Cc1ccnc2cc(C(=O)NC[C@@H](N)C(=O)OCC(C)C)sc12.Cc1ccnc2cc(C(=O)NC[C@@H](NC(=O)OCc3ccccc3)C(=O)OCC(C)C)sc12.Cc1ccnc2cc(C(=O)O)sc12. The Bertz CT molecular complexity index is 2900. The average molecular weight is 998 g/mol. The van der Waals surface area contributed by atoms with Gasteiger partial charge in [-0.2, -0.15) is 0 Å². The van der Waals surface area contributed by atoms with Gasteiger partial charge in [-0.25, -0.2) is 14.4 Å². The van der Waals surface area contributed by atoms with Gasteiger partial charge < -0.3 is 41.0 Å². The molecule has 7 aromatic rings. The van der Waals surface area contributed by atoms with Crippen LogP contribution >= 0.6 is 34.0 Å². The number of nitrogens with one attached hydrogen (secondary N) is 3. The molecule has 20 heteroatoms. The Morgan fingerprint density at radius 1 is 0.609 bits per heavy atom. The van der Waals surface area contributed by atoms with Gasteiger partial charge in [-0.15, -0.1) is 34.0 Å². The highest BCUT2D eigenvalue weighted by molar-refractivity contribution is 7.21. The number of nitrogens with zero attached hydrogens (tertiary/aromatic N) is 3. The third-order valence-electron chi connectivity index (χ3n) is 9.64. The fourth-order valence-electron chi connectivity index (χ4n) is 5.98. The molecule has 6 N–H and O–H groups in total. The summed E-state index contributed by atoms with van der Waals surface area (Å²) in [5.74, 6) is -2.29. The van der Waals surface area contributed by atoms with Crippen LogP contribution in [0.1, 0.15) is 79.0 Å². The van der Waals surface area contributed by atoms with Crippen molar-refractivity contribution in [1.29, 1.82) is 0 Å². The van der Waals surface area contributed by atoms with E-state index in [2.05, 4.69) is 30.9 Å². The van der Waals surface area contributed by atoms with E-state index in [9.17, 15) is 28.8 Å². The van der Waals surface area contributed by atoms with Crippen LogP contribution in [0.15, 0.2) is 85.3 Å². The quantitative estimate of drug-likeness (QED) is 0.0455. The van der Waals surface area contributed by atoms with Crippen molar-refractivity contribution in [2.45, 2.75) is 67.2 Å². The molecule has 17 nitrogen and oxygen atoms in total. The minimum atomic E-state index is -1.09. The number of aromatic carboxylic acids is 1. The Morgan fingerprint density at radius 2 is 1.04 bits per heavy atom. The molecule has 0 fully saturated rings. The number of nitrogens with two attached hydrogens (primary N) is 1. The van der Waals surface area contributed by atoms with Crippen molar-refractivity contribution in [1.82, 2.24) is 30.9 Å². The standard InChI is InChI=1S/C24H27N3O5S.C16H21N3O3S.C9H7NO2S/c1-15(2)13-31-23(29)19(27-24(30)32-14-17-7-5-4-6-8-17)12-26-22(28)20-11-18-21(33-20)16(3)9-10-25-18;1-9(2)8-22-16(21)11(17)7-19-15(20)13-6-12-14(23-13)10(3)4-5-18-12;1-5-2-3-10-6-4-7(9(11)12)13-8(5)6/h4-11,15,19H,12-14H2,1-3H3,(H,26,28)(H,27,30);4-6,9,11H,7-8,17H2,1-3H3,(H,19,20);2-4H,1H3,(H,11,12)/t19-;11-;/m11./s1. The number of hydrogen-bond donors (Lipinski definition) is 5. The number of thiophene rings is 3. The molecule has 7 rings (SSSR count). The number of pyridine rings is 3. The third kappa shape index (κ3) is 15.8. The minimum Gasteiger partial charge on any atom is -0.477 e. The molecule has 0 radical (unpaired) electrons. The number of alkyl carbamates (subject to hydrolysis) is 1. The summed E-state index contributed by atoms with van der Waals surface area (Å²) in [6, 6.07) is 17.9. The molecule has 6 aromatic heterocycles. The summed E-state index contributed by atoms with van der Waals surface area (Å²) < 4.78 is 18.4. The number of esters is 2. The lowest BCUT2D eigenvalue weighted by Gasteiger charge is -2.18. The minimum absolute atomic E-state index is 0.0381. The number of benzene rings is 1. The first kappa shape index (κ1) is 53.1. The van der Waals surface area contributed by atoms with Gasteiger partial charge in [0.05, 0.1) is 53.6 Å². The number of ether oxygens (including phenoxy) is 3. The zero-order valence-electron chi connectivity index (χ0n) is 39.2. The molecule has 69 heavy (non-hydrogen) atoms. The van der Waals surface area contributed by atoms with E-state index in [4.69, 9.17) is 25.1 Å². The second kappa shape index (κ2) is 25.5. The first-order valence-electron chi connectivity index (χ1n) is 21.8. The van der Waals surface area contributed by atoms with Crippen molar-refractivity contribution in [2.75, 3.05) is 26.3 Å². The van der Waals surface area contributed by atoms with Crippen LogP contribution in [-0.4, -0.2) is 94.3 Å². The molecule has 6 heterocycles. The Kier molecular flexibility index (Phi) is 19.6. The number of rotatable bonds is 16. The zero-order valence-corrected chi connectivity index (χ0v) is 41.6. The van der Waals surface area contributed by atoms with E-state index in [-0.39, 0.29) is 50.0 Å². The lowest BCUT2D eigenvalue weighted by atomic mass is 10.2. The first-order valence-corrected chi connectivity index (χ1v) is 24.3. The van der Waals surface area contributed by atoms with E-state index in [0.717, 1.165) is 52.9 Å². The molecule has 0 saturated heterocycles. The molecule has 1 aromatic carbocycles. The molecule has 0 aliphatic heterocycles. The smallest absolute Gasteiger partial charge is 0.408 e. The number of aromatic nitrogens is 3. The fourth-order valence-corrected chi connectivity index (χ4v) is 8.91. The molecular formula is C49H55N7O10S3. The summed E-state index contributed by atoms with van der Waals surface area (Å²) in [6.45, 7) is 14.0. The van der Waals surface area contributed by atoms with Crippen LogP contribution in [0.3, 0.4) is 0 Å². The van der Waals surface area contributed by atoms with Gasteiger partial charge in [0.1, 0.15) is 23.6 Å². The summed E-state index contributed by atoms with van der Waals surface area (Å²) in [6.07, 6.45) is 4.32. The molecule has 0 aliphatic carbocycles. The van der Waals surface area contributed by atoms with E-state index in [0.29, 0.717) is 21.2 Å². The highest BCUT2D eigenvalue weighted by atomic mass is 32.1. The van der Waals surface area contributed by atoms with Crippen LogP contribution in [0.2, 0.25) is 0 Å². The van der Waals surface area contributed by atoms with E-state index < -0.39 is 36.1 Å². The summed E-state index contributed by atoms with van der Waals surface area (Å²) in [7, 11) is 0. The molecule has 0 bridgehead atoms. The second-order valence-corrected chi connectivity index (χ2v) is 19.7. The average Bonchev–Trinajstić information content (AvgIpc) is 4.10. The number of aryl methyl sites for hydroxylation is 3. The lowest BCUT2D eigenvalue weighted by molar-refractivity contribution is -0.147. The molecule has 0 unspecified atom stereocenters. The van der Waals surface area contributed by atoms with Gasteiger partial charge >= 0.3 is 24.0 Å². The van der Waals surface area contributed by atoms with Gasteiger partial charge in [-0.3, -0.25) is 29.3 Å². The summed E-state index contributed by atoms with van der Waals surface area (Å²) in [4.78, 5) is 86.0. The molecular weight excluding hydrogens is 943 g/mol. The van der Waals surface area contributed by atoms with Crippen molar-refractivity contribution < 1.29 is 48.1 Å². The summed E-state index contributed by atoms with van der Waals surface area (Å²) >= 11 is 3.97. The lowest BCUT2D eigenvalue weighted by Crippen LogP contribution is -2.49. The van der Waals surface area contributed by atoms with E-state index in [1.54, 1.807) is 36.8 Å². The Morgan fingerprint density at radius 3 is 1.49 bits per heavy atom. The molecule has 0 aliphatic rings. The normalized spacial score (nSPS) is 11.7. The van der Waals surface area contributed by atoms with Gasteiger partial charge in [0.25, 0.3) is 11.8 Å². The number of carboxylic acids is 1. The summed E-state index contributed by atoms with van der Waals surface area (Å²) in [5, 5.41) is 16.6. The molecule has 3 amide bonds. The molecule has 0 spiro atoms. The largest absolute Gasteiger partial charge is 0.477 e. The highest BCUT2D eigenvalue weighted by Gasteiger charge is 2.25. The Labute approximate surface area is 410 Å². The van der Waals surface area contributed by atoms with Crippen LogP contribution in [0.25, 0.3) is 30.6 Å². The summed E-state index contributed by atoms with van der Waals surface area (Å²) in [5.41, 5.74) is 12.0. The Balaban J connectivity index is 0.000000212. The van der Waals surface area contributed by atoms with Crippen molar-refractivity contribution in [3.8, 4) is 0 Å². The number of amides is 3. The van der Waals surface area contributed by atoms with Gasteiger partial charge in [-0.1, -0.05) is 58.0 Å². The maximum atomic E-state index is 12.7. The topological polar surface area (TPSA) is 251 Å². The number of hydrogen-bond acceptors (Lipinski definition) is 16. The number of carboxylic acid groups (broad SMARTS) is 1. The zero-order chi connectivity index (χ0) is 50.2.